The van der Waals surface area contributed by atoms with E-state index >= 15 is 0 Å². The molecule has 0 amide bonds. The highest BCUT2D eigenvalue weighted by atomic mass is 16.5. The van der Waals surface area contributed by atoms with Gasteiger partial charge in [0.2, 0.25) is 0 Å². The average Bonchev–Trinajstić information content (AvgIpc) is 2.40. The van der Waals surface area contributed by atoms with E-state index in [0.717, 1.165) is 11.3 Å². The van der Waals surface area contributed by atoms with E-state index in [2.05, 4.69) is 0 Å². The van der Waals surface area contributed by atoms with Crippen LogP contribution >= 0.6 is 0 Å². The number of methoxy groups -OCH3 is 1. The number of ether oxygens (including phenoxy) is 2. The summed E-state index contributed by atoms with van der Waals surface area (Å²) in [5, 5.41) is 0. The summed E-state index contributed by atoms with van der Waals surface area (Å²) < 4.78 is 11.0. The number of nitrogen functional groups attached to an aromatic ring is 1. The quantitative estimate of drug-likeness (QED) is 0.837. The van der Waals surface area contributed by atoms with Crippen molar-refractivity contribution >= 4 is 5.69 Å². The van der Waals surface area contributed by atoms with Gasteiger partial charge in [0.05, 0.1) is 12.8 Å². The molecule has 1 atom stereocenters. The second kappa shape index (κ2) is 5.45. The zero-order chi connectivity index (χ0) is 13.0. The molecule has 0 aromatic heterocycles. The lowest BCUT2D eigenvalue weighted by Crippen LogP contribution is -2.03. The van der Waals surface area contributed by atoms with E-state index in [-0.39, 0.29) is 6.10 Å². The number of hydrogen-bond donors (Lipinski definition) is 1. The van der Waals surface area contributed by atoms with E-state index in [1.54, 1.807) is 13.2 Å². The van der Waals surface area contributed by atoms with Crippen molar-refractivity contribution in [3.8, 4) is 11.5 Å². The Kier molecular flexibility index (Phi) is 3.72. The zero-order valence-corrected chi connectivity index (χ0v) is 10.6. The van der Waals surface area contributed by atoms with Crippen LogP contribution in [0.15, 0.2) is 48.5 Å². The van der Waals surface area contributed by atoms with Crippen LogP contribution in [0, 0.1) is 0 Å². The SMILES string of the molecule is COc1ccc(OC(C)c2ccccc2)cc1N. The molecule has 18 heavy (non-hydrogen) atoms. The number of nitrogens with two attached hydrogens (primary N) is 1. The largest absolute Gasteiger partial charge is 0.495 e. The normalized spacial score (nSPS) is 11.9. The fourth-order valence-electron chi connectivity index (χ4n) is 1.78. The molecule has 0 aliphatic carbocycles. The van der Waals surface area contributed by atoms with Crippen LogP contribution in [-0.4, -0.2) is 7.11 Å². The lowest BCUT2D eigenvalue weighted by atomic mass is 10.1. The Labute approximate surface area is 107 Å². The molecule has 0 saturated heterocycles. The Morgan fingerprint density at radius 1 is 1.06 bits per heavy atom. The summed E-state index contributed by atoms with van der Waals surface area (Å²) in [6, 6.07) is 15.5. The summed E-state index contributed by atoms with van der Waals surface area (Å²) in [5.41, 5.74) is 7.55. The Bertz CT molecular complexity index is 511. The molecule has 0 fully saturated rings. The molecule has 0 aliphatic heterocycles. The van der Waals surface area contributed by atoms with Gasteiger partial charge in [-0.05, 0) is 24.6 Å². The van der Waals surface area contributed by atoms with Crippen molar-refractivity contribution in [2.24, 2.45) is 0 Å². The van der Waals surface area contributed by atoms with Gasteiger partial charge >= 0.3 is 0 Å². The highest BCUT2D eigenvalue weighted by molar-refractivity contribution is 5.56. The van der Waals surface area contributed by atoms with Crippen molar-refractivity contribution < 1.29 is 9.47 Å². The number of hydrogen-bond acceptors (Lipinski definition) is 3. The molecule has 2 aromatic carbocycles. The molecule has 2 rings (SSSR count). The monoisotopic (exact) mass is 243 g/mol. The molecule has 2 N–H and O–H groups in total. The molecular formula is C15H17NO2. The first kappa shape index (κ1) is 12.3. The Morgan fingerprint density at radius 3 is 2.39 bits per heavy atom. The molecular weight excluding hydrogens is 226 g/mol. The predicted octanol–water partition coefficient (Wildman–Crippen LogP) is 3.42. The Hall–Kier alpha value is -2.16. The lowest BCUT2D eigenvalue weighted by Gasteiger charge is -2.16. The second-order valence-corrected chi connectivity index (χ2v) is 4.07. The van der Waals surface area contributed by atoms with Gasteiger partial charge in [0.15, 0.2) is 0 Å². The van der Waals surface area contributed by atoms with Crippen LogP contribution in [0.4, 0.5) is 5.69 Å². The summed E-state index contributed by atoms with van der Waals surface area (Å²) in [7, 11) is 1.60. The van der Waals surface area contributed by atoms with E-state index in [0.29, 0.717) is 11.4 Å². The van der Waals surface area contributed by atoms with Gasteiger partial charge in [-0.3, -0.25) is 0 Å². The van der Waals surface area contributed by atoms with Gasteiger partial charge in [-0.1, -0.05) is 30.3 Å². The molecule has 0 aliphatic rings. The summed E-state index contributed by atoms with van der Waals surface area (Å²) >= 11 is 0. The number of rotatable bonds is 4. The first-order valence-electron chi connectivity index (χ1n) is 5.86. The van der Waals surface area contributed by atoms with E-state index < -0.39 is 0 Å². The van der Waals surface area contributed by atoms with E-state index in [1.807, 2.05) is 49.4 Å². The van der Waals surface area contributed by atoms with Gasteiger partial charge in [0.1, 0.15) is 17.6 Å². The molecule has 0 radical (unpaired) electrons. The van der Waals surface area contributed by atoms with Crippen molar-refractivity contribution in [1.82, 2.24) is 0 Å². The molecule has 94 valence electrons. The van der Waals surface area contributed by atoms with Crippen LogP contribution < -0.4 is 15.2 Å². The molecule has 0 heterocycles. The molecule has 2 aromatic rings. The topological polar surface area (TPSA) is 44.5 Å². The fraction of sp³-hybridized carbons (Fsp3) is 0.200. The van der Waals surface area contributed by atoms with Crippen LogP contribution in [0.25, 0.3) is 0 Å². The molecule has 0 spiro atoms. The Morgan fingerprint density at radius 2 is 1.78 bits per heavy atom. The van der Waals surface area contributed by atoms with Crippen LogP contribution in [0.5, 0.6) is 11.5 Å². The first-order valence-corrected chi connectivity index (χ1v) is 5.86. The van der Waals surface area contributed by atoms with Gasteiger partial charge in [0, 0.05) is 6.07 Å². The second-order valence-electron chi connectivity index (χ2n) is 4.07. The minimum absolute atomic E-state index is 0.0148. The smallest absolute Gasteiger partial charge is 0.142 e. The molecule has 3 nitrogen and oxygen atoms in total. The fourth-order valence-corrected chi connectivity index (χ4v) is 1.78. The summed E-state index contributed by atoms with van der Waals surface area (Å²) in [6.07, 6.45) is -0.0148. The average molecular weight is 243 g/mol. The van der Waals surface area contributed by atoms with Crippen molar-refractivity contribution in [2.45, 2.75) is 13.0 Å². The molecule has 0 bridgehead atoms. The summed E-state index contributed by atoms with van der Waals surface area (Å²) in [6.45, 7) is 2.01. The third-order valence-electron chi connectivity index (χ3n) is 2.78. The van der Waals surface area contributed by atoms with Crippen molar-refractivity contribution in [3.05, 3.63) is 54.1 Å². The van der Waals surface area contributed by atoms with Gasteiger partial charge < -0.3 is 15.2 Å². The van der Waals surface area contributed by atoms with Crippen LogP contribution in [0.2, 0.25) is 0 Å². The van der Waals surface area contributed by atoms with Crippen LogP contribution in [-0.2, 0) is 0 Å². The van der Waals surface area contributed by atoms with E-state index in [4.69, 9.17) is 15.2 Å². The highest BCUT2D eigenvalue weighted by Crippen LogP contribution is 2.28. The maximum absolute atomic E-state index is 5.85. The maximum atomic E-state index is 5.85. The number of anilines is 1. The van der Waals surface area contributed by atoms with Crippen molar-refractivity contribution in [2.75, 3.05) is 12.8 Å². The predicted molar refractivity (Wildman–Crippen MR) is 72.9 cm³/mol. The third kappa shape index (κ3) is 2.74. The standard InChI is InChI=1S/C15H17NO2/c1-11(12-6-4-3-5-7-12)18-13-8-9-15(17-2)14(16)10-13/h3-11H,16H2,1-2H3. The van der Waals surface area contributed by atoms with E-state index in [1.165, 1.54) is 0 Å². The van der Waals surface area contributed by atoms with Gasteiger partial charge in [0.25, 0.3) is 0 Å². The number of benzene rings is 2. The van der Waals surface area contributed by atoms with Gasteiger partial charge in [-0.15, -0.1) is 0 Å². The Balaban J connectivity index is 2.12. The molecule has 1 unspecified atom stereocenters. The molecule has 3 heteroatoms. The lowest BCUT2D eigenvalue weighted by molar-refractivity contribution is 0.227. The molecule has 0 saturated carbocycles. The van der Waals surface area contributed by atoms with Crippen LogP contribution in [0.3, 0.4) is 0 Å². The maximum Gasteiger partial charge on any atom is 0.142 e. The minimum Gasteiger partial charge on any atom is -0.495 e. The zero-order valence-electron chi connectivity index (χ0n) is 10.6. The van der Waals surface area contributed by atoms with E-state index in [9.17, 15) is 0 Å². The minimum atomic E-state index is -0.0148. The highest BCUT2D eigenvalue weighted by Gasteiger charge is 2.08. The van der Waals surface area contributed by atoms with Gasteiger partial charge in [-0.25, -0.2) is 0 Å². The van der Waals surface area contributed by atoms with Crippen LogP contribution in [0.1, 0.15) is 18.6 Å². The summed E-state index contributed by atoms with van der Waals surface area (Å²) in [4.78, 5) is 0. The van der Waals surface area contributed by atoms with Crippen molar-refractivity contribution in [1.29, 1.82) is 0 Å². The van der Waals surface area contributed by atoms with Gasteiger partial charge in [-0.2, -0.15) is 0 Å². The first-order chi connectivity index (χ1) is 8.70. The third-order valence-corrected chi connectivity index (χ3v) is 2.78. The summed E-state index contributed by atoms with van der Waals surface area (Å²) in [5.74, 6) is 1.40. The van der Waals surface area contributed by atoms with Crippen molar-refractivity contribution in [3.63, 3.8) is 0 Å².